The second-order valence-corrected chi connectivity index (χ2v) is 5.64. The van der Waals surface area contributed by atoms with Crippen LogP contribution in [0.15, 0.2) is 30.3 Å². The summed E-state index contributed by atoms with van der Waals surface area (Å²) in [7, 11) is 0. The van der Waals surface area contributed by atoms with Crippen molar-refractivity contribution in [3.8, 4) is 0 Å². The van der Waals surface area contributed by atoms with Gasteiger partial charge in [-0.2, -0.15) is 0 Å². The maximum absolute atomic E-state index is 5.97. The van der Waals surface area contributed by atoms with Gasteiger partial charge < -0.3 is 10.6 Å². The van der Waals surface area contributed by atoms with Crippen LogP contribution in [0.1, 0.15) is 29.3 Å². The van der Waals surface area contributed by atoms with E-state index in [-0.39, 0.29) is 0 Å². The van der Waals surface area contributed by atoms with Gasteiger partial charge in [0.1, 0.15) is 5.82 Å². The highest BCUT2D eigenvalue weighted by atomic mass is 15.2. The Morgan fingerprint density at radius 1 is 1.30 bits per heavy atom. The van der Waals surface area contributed by atoms with E-state index >= 15 is 0 Å². The van der Waals surface area contributed by atoms with E-state index in [0.717, 1.165) is 23.5 Å². The highest BCUT2D eigenvalue weighted by Gasteiger charge is 2.29. The summed E-state index contributed by atoms with van der Waals surface area (Å²) < 4.78 is 0. The van der Waals surface area contributed by atoms with Gasteiger partial charge >= 0.3 is 0 Å². The summed E-state index contributed by atoms with van der Waals surface area (Å²) in [5.74, 6) is 1.03. The van der Waals surface area contributed by atoms with Crippen molar-refractivity contribution in [3.63, 3.8) is 0 Å². The number of nitrogens with two attached hydrogens (primary N) is 1. The second kappa shape index (κ2) is 4.91. The van der Waals surface area contributed by atoms with Crippen molar-refractivity contribution in [1.82, 2.24) is 4.98 Å². The van der Waals surface area contributed by atoms with Gasteiger partial charge in [0, 0.05) is 29.5 Å². The molecule has 1 aliphatic heterocycles. The van der Waals surface area contributed by atoms with Gasteiger partial charge in [0.15, 0.2) is 0 Å². The van der Waals surface area contributed by atoms with Gasteiger partial charge in [-0.25, -0.2) is 4.98 Å². The molecule has 1 unspecified atom stereocenters. The lowest BCUT2D eigenvalue weighted by molar-refractivity contribution is 0.743. The molecule has 1 aromatic carbocycles. The first-order valence-electron chi connectivity index (χ1n) is 7.16. The van der Waals surface area contributed by atoms with Gasteiger partial charge in [0.2, 0.25) is 0 Å². The highest BCUT2D eigenvalue weighted by Crippen LogP contribution is 2.39. The van der Waals surface area contributed by atoms with Gasteiger partial charge in [-0.05, 0) is 50.5 Å². The highest BCUT2D eigenvalue weighted by molar-refractivity contribution is 5.71. The number of aryl methyl sites for hydroxylation is 2. The number of anilines is 2. The number of fused-ring (bicyclic) bond motifs is 1. The third kappa shape index (κ3) is 1.98. The maximum atomic E-state index is 5.97. The summed E-state index contributed by atoms with van der Waals surface area (Å²) in [5, 5.41) is 0. The molecule has 0 saturated heterocycles. The molecule has 2 aromatic rings. The van der Waals surface area contributed by atoms with Crippen molar-refractivity contribution < 1.29 is 0 Å². The number of nitrogens with zero attached hydrogens (tertiary/aromatic N) is 2. The SMILES string of the molecule is Cc1cc(C)c(CN)c(N2c3ccccc3CC2C)n1. The van der Waals surface area contributed by atoms with Crippen molar-refractivity contribution >= 4 is 11.5 Å². The Kier molecular flexibility index (Phi) is 3.22. The Morgan fingerprint density at radius 2 is 2.05 bits per heavy atom. The molecule has 0 bridgehead atoms. The molecule has 0 aliphatic carbocycles. The zero-order valence-electron chi connectivity index (χ0n) is 12.4. The molecule has 3 nitrogen and oxygen atoms in total. The quantitative estimate of drug-likeness (QED) is 0.908. The maximum Gasteiger partial charge on any atom is 0.138 e. The van der Waals surface area contributed by atoms with Gasteiger partial charge in [-0.15, -0.1) is 0 Å². The number of pyridine rings is 1. The first-order valence-corrected chi connectivity index (χ1v) is 7.16. The minimum atomic E-state index is 0.423. The molecule has 2 heterocycles. The summed E-state index contributed by atoms with van der Waals surface area (Å²) in [6, 6.07) is 11.1. The molecule has 20 heavy (non-hydrogen) atoms. The van der Waals surface area contributed by atoms with Crippen molar-refractivity contribution in [1.29, 1.82) is 0 Å². The van der Waals surface area contributed by atoms with E-state index in [1.165, 1.54) is 16.8 Å². The molecular weight excluding hydrogens is 246 g/mol. The fraction of sp³-hybridized carbons (Fsp3) is 0.353. The molecule has 3 heteroatoms. The van der Waals surface area contributed by atoms with Gasteiger partial charge in [0.25, 0.3) is 0 Å². The molecule has 0 saturated carbocycles. The topological polar surface area (TPSA) is 42.1 Å². The molecule has 0 amide bonds. The molecule has 1 aromatic heterocycles. The third-order valence-corrected chi connectivity index (χ3v) is 4.09. The van der Waals surface area contributed by atoms with Crippen LogP contribution in [0.5, 0.6) is 0 Å². The number of hydrogen-bond acceptors (Lipinski definition) is 3. The zero-order chi connectivity index (χ0) is 14.3. The molecule has 3 rings (SSSR count). The average Bonchev–Trinajstić information content (AvgIpc) is 2.73. The van der Waals surface area contributed by atoms with Gasteiger partial charge in [-0.1, -0.05) is 18.2 Å². The van der Waals surface area contributed by atoms with E-state index in [1.807, 2.05) is 6.92 Å². The van der Waals surface area contributed by atoms with Crippen LogP contribution >= 0.6 is 0 Å². The number of para-hydroxylation sites is 1. The van der Waals surface area contributed by atoms with Crippen LogP contribution in [-0.4, -0.2) is 11.0 Å². The van der Waals surface area contributed by atoms with E-state index in [0.29, 0.717) is 12.6 Å². The summed E-state index contributed by atoms with van der Waals surface area (Å²) in [6.07, 6.45) is 1.06. The van der Waals surface area contributed by atoms with E-state index < -0.39 is 0 Å². The number of hydrogen-bond donors (Lipinski definition) is 1. The average molecular weight is 267 g/mol. The van der Waals surface area contributed by atoms with Gasteiger partial charge in [0.05, 0.1) is 0 Å². The minimum absolute atomic E-state index is 0.423. The van der Waals surface area contributed by atoms with Crippen LogP contribution in [0.3, 0.4) is 0 Å². The summed E-state index contributed by atoms with van der Waals surface area (Å²) in [5.41, 5.74) is 12.1. The fourth-order valence-corrected chi connectivity index (χ4v) is 3.18. The molecule has 1 atom stereocenters. The van der Waals surface area contributed by atoms with E-state index in [9.17, 15) is 0 Å². The normalized spacial score (nSPS) is 17.4. The van der Waals surface area contributed by atoms with Crippen LogP contribution in [0.4, 0.5) is 11.5 Å². The lowest BCUT2D eigenvalue weighted by Crippen LogP contribution is -2.27. The monoisotopic (exact) mass is 267 g/mol. The van der Waals surface area contributed by atoms with E-state index in [1.54, 1.807) is 0 Å². The minimum Gasteiger partial charge on any atom is -0.326 e. The Labute approximate surface area is 120 Å². The third-order valence-electron chi connectivity index (χ3n) is 4.09. The number of rotatable bonds is 2. The molecule has 0 spiro atoms. The largest absolute Gasteiger partial charge is 0.326 e. The second-order valence-electron chi connectivity index (χ2n) is 5.64. The van der Waals surface area contributed by atoms with Crippen LogP contribution in [0.25, 0.3) is 0 Å². The van der Waals surface area contributed by atoms with E-state index in [4.69, 9.17) is 10.7 Å². The summed E-state index contributed by atoms with van der Waals surface area (Å²) in [6.45, 7) is 6.94. The Morgan fingerprint density at radius 3 is 2.80 bits per heavy atom. The lowest BCUT2D eigenvalue weighted by atomic mass is 10.1. The molecule has 0 fully saturated rings. The van der Waals surface area contributed by atoms with Crippen LogP contribution in [0.2, 0.25) is 0 Å². The first-order chi connectivity index (χ1) is 9.61. The molecule has 1 aliphatic rings. The number of aromatic nitrogens is 1. The Hall–Kier alpha value is -1.87. The summed E-state index contributed by atoms with van der Waals surface area (Å²) in [4.78, 5) is 7.13. The lowest BCUT2D eigenvalue weighted by Gasteiger charge is -2.27. The predicted molar refractivity (Wildman–Crippen MR) is 83.3 cm³/mol. The van der Waals surface area contributed by atoms with Crippen LogP contribution in [-0.2, 0) is 13.0 Å². The Balaban J connectivity index is 2.19. The fourth-order valence-electron chi connectivity index (χ4n) is 3.18. The predicted octanol–water partition coefficient (Wildman–Crippen LogP) is 3.24. The van der Waals surface area contributed by atoms with Crippen molar-refractivity contribution in [2.24, 2.45) is 5.73 Å². The molecular formula is C17H21N3. The van der Waals surface area contributed by atoms with E-state index in [2.05, 4.69) is 49.1 Å². The smallest absolute Gasteiger partial charge is 0.138 e. The van der Waals surface area contributed by atoms with Crippen molar-refractivity contribution in [2.75, 3.05) is 4.90 Å². The first kappa shape index (κ1) is 13.1. The molecule has 2 N–H and O–H groups in total. The number of benzene rings is 1. The van der Waals surface area contributed by atoms with Gasteiger partial charge in [-0.3, -0.25) is 0 Å². The Bertz CT molecular complexity index is 649. The molecule has 0 radical (unpaired) electrons. The van der Waals surface area contributed by atoms with Crippen LogP contribution < -0.4 is 10.6 Å². The van der Waals surface area contributed by atoms with Crippen LogP contribution in [0, 0.1) is 13.8 Å². The zero-order valence-corrected chi connectivity index (χ0v) is 12.4. The summed E-state index contributed by atoms with van der Waals surface area (Å²) >= 11 is 0. The standard InChI is InChI=1S/C17H21N3/c1-11-8-12(2)19-17(15(11)10-18)20-13(3)9-14-6-4-5-7-16(14)20/h4-8,13H,9-10,18H2,1-3H3. The van der Waals surface area contributed by atoms with Crippen molar-refractivity contribution in [2.45, 2.75) is 39.8 Å². The molecule has 104 valence electrons. The van der Waals surface area contributed by atoms with Crippen molar-refractivity contribution in [3.05, 3.63) is 52.7 Å².